The molecule has 5 rings (SSSR count). The maximum absolute atomic E-state index is 13.9. The van der Waals surface area contributed by atoms with Gasteiger partial charge in [-0.15, -0.1) is 0 Å². The minimum Gasteiger partial charge on any atom is -0.359 e. The third kappa shape index (κ3) is 3.97. The molecule has 1 saturated carbocycles. The van der Waals surface area contributed by atoms with E-state index in [9.17, 15) is 14.4 Å². The Balaban J connectivity index is 1.46. The van der Waals surface area contributed by atoms with Crippen molar-refractivity contribution < 1.29 is 19.1 Å². The summed E-state index contributed by atoms with van der Waals surface area (Å²) in [6.45, 7) is 7.65. The van der Waals surface area contributed by atoms with Crippen LogP contribution in [0.3, 0.4) is 0 Å². The van der Waals surface area contributed by atoms with E-state index >= 15 is 0 Å². The Hall–Kier alpha value is -2.38. The van der Waals surface area contributed by atoms with Crippen molar-refractivity contribution in [2.24, 2.45) is 11.8 Å². The first kappa shape index (κ1) is 24.3. The first-order valence-electron chi connectivity index (χ1n) is 12.6. The number of likely N-dealkylation sites (tertiary alicyclic amines) is 1. The van der Waals surface area contributed by atoms with Gasteiger partial charge in [0, 0.05) is 22.3 Å². The number of carbonyl (C=O) groups is 3. The lowest BCUT2D eigenvalue weighted by Crippen LogP contribution is -2.60. The van der Waals surface area contributed by atoms with Crippen molar-refractivity contribution in [3.63, 3.8) is 0 Å². The summed E-state index contributed by atoms with van der Waals surface area (Å²) < 4.78 is 6.40. The van der Waals surface area contributed by atoms with Crippen molar-refractivity contribution in [3.8, 4) is 0 Å². The van der Waals surface area contributed by atoms with Crippen LogP contribution in [-0.2, 0) is 19.1 Å². The highest BCUT2D eigenvalue weighted by Gasteiger charge is 2.73. The van der Waals surface area contributed by atoms with Crippen LogP contribution in [0.25, 0.3) is 0 Å². The molecule has 2 N–H and O–H groups in total. The second-order valence-electron chi connectivity index (χ2n) is 11.4. The normalized spacial score (nSPS) is 32.1. The van der Waals surface area contributed by atoms with E-state index in [2.05, 4.69) is 10.6 Å². The van der Waals surface area contributed by atoms with Gasteiger partial charge in [0.05, 0.1) is 17.9 Å². The average Bonchev–Trinajstić information content (AvgIpc) is 3.44. The summed E-state index contributed by atoms with van der Waals surface area (Å²) in [5.74, 6) is -2.21. The number of aryl methyl sites for hydroxylation is 1. The quantitative estimate of drug-likeness (QED) is 0.613. The van der Waals surface area contributed by atoms with Crippen molar-refractivity contribution >= 4 is 35.0 Å². The molecule has 7 nitrogen and oxygen atoms in total. The zero-order valence-corrected chi connectivity index (χ0v) is 21.5. The number of ether oxygens (including phenoxy) is 1. The highest BCUT2D eigenvalue weighted by atomic mass is 35.5. The van der Waals surface area contributed by atoms with Crippen molar-refractivity contribution in [2.45, 2.75) is 89.1 Å². The zero-order valence-electron chi connectivity index (χ0n) is 20.8. The van der Waals surface area contributed by atoms with Gasteiger partial charge in [-0.25, -0.2) is 0 Å². The van der Waals surface area contributed by atoms with E-state index in [0.29, 0.717) is 10.7 Å². The predicted octanol–water partition coefficient (Wildman–Crippen LogP) is 3.98. The fourth-order valence-corrected chi connectivity index (χ4v) is 6.50. The minimum atomic E-state index is -1.15. The Kier molecular flexibility index (Phi) is 5.99. The monoisotopic (exact) mass is 499 g/mol. The van der Waals surface area contributed by atoms with Crippen molar-refractivity contribution in [3.05, 3.63) is 40.9 Å². The SMILES string of the molecule is Cc1ccc(NC(=O)C2C3C=CC4(O3)C2C(=O)N(C(C)(C)C)C4C(=O)NC2CCCCC2)cc1Cl. The Morgan fingerprint density at radius 1 is 1.14 bits per heavy atom. The fraction of sp³-hybridized carbons (Fsp3) is 0.593. The molecule has 2 bridgehead atoms. The molecule has 1 aromatic carbocycles. The van der Waals surface area contributed by atoms with Crippen molar-refractivity contribution in [1.29, 1.82) is 0 Å². The standard InChI is InChI=1S/C27H34ClN3O4/c1-15-10-11-17(14-18(15)28)30-23(32)20-19-12-13-27(35-19)21(20)25(34)31(26(2,3)4)22(27)24(33)29-16-8-6-5-7-9-16/h10-14,16,19-22H,5-9H2,1-4H3,(H,29,33)(H,30,32). The van der Waals surface area contributed by atoms with Crippen LogP contribution in [0.2, 0.25) is 5.02 Å². The average molecular weight is 500 g/mol. The Morgan fingerprint density at radius 3 is 2.51 bits per heavy atom. The number of carbonyl (C=O) groups excluding carboxylic acids is 3. The van der Waals surface area contributed by atoms with Gasteiger partial charge < -0.3 is 20.3 Å². The number of anilines is 1. The van der Waals surface area contributed by atoms with Gasteiger partial charge in [0.25, 0.3) is 0 Å². The van der Waals surface area contributed by atoms with E-state index in [1.165, 1.54) is 6.42 Å². The Bertz CT molecular complexity index is 1090. The molecule has 4 aliphatic rings. The third-order valence-corrected chi connectivity index (χ3v) is 8.35. The van der Waals surface area contributed by atoms with Crippen LogP contribution in [-0.4, -0.2) is 51.9 Å². The molecule has 0 aromatic heterocycles. The number of hydrogen-bond donors (Lipinski definition) is 2. The zero-order chi connectivity index (χ0) is 25.1. The second kappa shape index (κ2) is 8.63. The number of rotatable bonds is 4. The van der Waals surface area contributed by atoms with Gasteiger partial charge >= 0.3 is 0 Å². The van der Waals surface area contributed by atoms with Gasteiger partial charge in [0.2, 0.25) is 17.7 Å². The number of benzene rings is 1. The van der Waals surface area contributed by atoms with Gasteiger partial charge in [-0.05, 0) is 58.2 Å². The van der Waals surface area contributed by atoms with E-state index < -0.39 is 35.1 Å². The topological polar surface area (TPSA) is 87.7 Å². The summed E-state index contributed by atoms with van der Waals surface area (Å²) in [7, 11) is 0. The molecule has 3 amide bonds. The highest BCUT2D eigenvalue weighted by Crippen LogP contribution is 2.56. The summed E-state index contributed by atoms with van der Waals surface area (Å²) in [6.07, 6.45) is 8.39. The fourth-order valence-electron chi connectivity index (χ4n) is 6.31. The molecule has 5 unspecified atom stereocenters. The molecule has 1 spiro atoms. The summed E-state index contributed by atoms with van der Waals surface area (Å²) in [6, 6.07) is 4.61. The molecular weight excluding hydrogens is 466 g/mol. The van der Waals surface area contributed by atoms with Crippen LogP contribution < -0.4 is 10.6 Å². The van der Waals surface area contributed by atoms with Crippen LogP contribution in [0.15, 0.2) is 30.4 Å². The molecule has 2 saturated heterocycles. The van der Waals surface area contributed by atoms with E-state index in [1.54, 1.807) is 17.0 Å². The predicted molar refractivity (Wildman–Crippen MR) is 134 cm³/mol. The van der Waals surface area contributed by atoms with Gasteiger partial charge in [-0.3, -0.25) is 14.4 Å². The minimum absolute atomic E-state index is 0.108. The number of amides is 3. The van der Waals surface area contributed by atoms with Crippen LogP contribution in [0, 0.1) is 18.8 Å². The number of halogens is 1. The smallest absolute Gasteiger partial charge is 0.246 e. The third-order valence-electron chi connectivity index (χ3n) is 7.94. The molecule has 3 aliphatic heterocycles. The number of nitrogens with one attached hydrogen (secondary N) is 2. The maximum Gasteiger partial charge on any atom is 0.246 e. The Morgan fingerprint density at radius 2 is 1.86 bits per heavy atom. The van der Waals surface area contributed by atoms with Crippen molar-refractivity contribution in [2.75, 3.05) is 5.32 Å². The number of nitrogens with zero attached hydrogens (tertiary/aromatic N) is 1. The lowest BCUT2D eigenvalue weighted by molar-refractivity contribution is -0.146. The molecule has 8 heteroatoms. The summed E-state index contributed by atoms with van der Waals surface area (Å²) in [5, 5.41) is 6.68. The first-order valence-corrected chi connectivity index (χ1v) is 13.0. The van der Waals surface area contributed by atoms with Crippen LogP contribution >= 0.6 is 11.6 Å². The molecule has 35 heavy (non-hydrogen) atoms. The second-order valence-corrected chi connectivity index (χ2v) is 11.8. The van der Waals surface area contributed by atoms with Crippen LogP contribution in [0.4, 0.5) is 5.69 Å². The Labute approximate surface area is 211 Å². The summed E-state index contributed by atoms with van der Waals surface area (Å²) in [4.78, 5) is 42.8. The van der Waals surface area contributed by atoms with Gasteiger partial charge in [-0.2, -0.15) is 0 Å². The lowest BCUT2D eigenvalue weighted by Gasteiger charge is -2.40. The molecular formula is C27H34ClN3O4. The summed E-state index contributed by atoms with van der Waals surface area (Å²) >= 11 is 6.24. The number of fused-ring (bicyclic) bond motifs is 1. The largest absolute Gasteiger partial charge is 0.359 e. The molecule has 5 atom stereocenters. The van der Waals surface area contributed by atoms with E-state index in [1.807, 2.05) is 45.9 Å². The maximum atomic E-state index is 13.9. The molecule has 0 radical (unpaired) electrons. The van der Waals surface area contributed by atoms with Gasteiger partial charge in [-0.1, -0.05) is 49.1 Å². The number of hydrogen-bond acceptors (Lipinski definition) is 4. The molecule has 3 fully saturated rings. The van der Waals surface area contributed by atoms with Gasteiger partial charge in [0.1, 0.15) is 11.6 Å². The molecule has 3 heterocycles. The van der Waals surface area contributed by atoms with Gasteiger partial charge in [0.15, 0.2) is 0 Å². The van der Waals surface area contributed by atoms with E-state index in [4.69, 9.17) is 16.3 Å². The molecule has 1 aliphatic carbocycles. The lowest BCUT2D eigenvalue weighted by atomic mass is 9.74. The molecule has 1 aromatic rings. The highest BCUT2D eigenvalue weighted by molar-refractivity contribution is 6.31. The molecule has 188 valence electrons. The van der Waals surface area contributed by atoms with E-state index in [0.717, 1.165) is 31.2 Å². The summed E-state index contributed by atoms with van der Waals surface area (Å²) in [5.41, 5.74) is -0.295. The van der Waals surface area contributed by atoms with Crippen LogP contribution in [0.5, 0.6) is 0 Å². The first-order chi connectivity index (χ1) is 16.5. The van der Waals surface area contributed by atoms with E-state index in [-0.39, 0.29) is 23.8 Å². The van der Waals surface area contributed by atoms with Crippen LogP contribution in [0.1, 0.15) is 58.4 Å². The van der Waals surface area contributed by atoms with Crippen molar-refractivity contribution in [1.82, 2.24) is 10.2 Å².